The Morgan fingerprint density at radius 3 is 2.53 bits per heavy atom. The number of piperidine rings is 2. The summed E-state index contributed by atoms with van der Waals surface area (Å²) in [6.07, 6.45) is 3.49. The molecular weight excluding hydrogens is 216 g/mol. The lowest BCUT2D eigenvalue weighted by atomic mass is 9.90. The molecule has 2 aliphatic rings. The van der Waals surface area contributed by atoms with Crippen molar-refractivity contribution >= 4 is 5.91 Å². The van der Waals surface area contributed by atoms with Crippen molar-refractivity contribution in [3.05, 3.63) is 0 Å². The zero-order chi connectivity index (χ0) is 12.5. The zero-order valence-corrected chi connectivity index (χ0v) is 10.9. The maximum atomic E-state index is 12.3. The summed E-state index contributed by atoms with van der Waals surface area (Å²) in [6, 6.07) is 0.543. The third kappa shape index (κ3) is 3.19. The number of likely N-dealkylation sites (tertiary alicyclic amines) is 1. The van der Waals surface area contributed by atoms with Gasteiger partial charge in [-0.3, -0.25) is 4.79 Å². The predicted octanol–water partition coefficient (Wildman–Crippen LogP) is 0.748. The van der Waals surface area contributed by atoms with Gasteiger partial charge in [0.15, 0.2) is 0 Å². The maximum Gasteiger partial charge on any atom is 0.226 e. The van der Waals surface area contributed by atoms with Gasteiger partial charge in [0.1, 0.15) is 0 Å². The fraction of sp³-hybridized carbons (Fsp3) is 0.923. The van der Waals surface area contributed by atoms with Crippen LogP contribution in [-0.2, 0) is 4.79 Å². The van der Waals surface area contributed by atoms with Crippen molar-refractivity contribution in [2.24, 2.45) is 5.92 Å². The van der Waals surface area contributed by atoms with Crippen LogP contribution in [0.2, 0.25) is 0 Å². The smallest absolute Gasteiger partial charge is 0.226 e. The van der Waals surface area contributed by atoms with E-state index in [-0.39, 0.29) is 11.8 Å². The average Bonchev–Trinajstić information content (AvgIpc) is 2.29. The zero-order valence-electron chi connectivity index (χ0n) is 10.9. The number of rotatable bonds is 1. The van der Waals surface area contributed by atoms with Gasteiger partial charge in [-0.2, -0.15) is 0 Å². The van der Waals surface area contributed by atoms with Crippen LogP contribution in [0, 0.1) is 5.92 Å². The average molecular weight is 240 g/mol. The first-order chi connectivity index (χ1) is 7.98. The summed E-state index contributed by atoms with van der Waals surface area (Å²) in [7, 11) is 0. The lowest BCUT2D eigenvalue weighted by molar-refractivity contribution is -0.140. The van der Waals surface area contributed by atoms with Crippen LogP contribution < -0.4 is 5.32 Å². The van der Waals surface area contributed by atoms with E-state index in [9.17, 15) is 9.90 Å². The van der Waals surface area contributed by atoms with Crippen molar-refractivity contribution in [1.82, 2.24) is 10.2 Å². The summed E-state index contributed by atoms with van der Waals surface area (Å²) < 4.78 is 0. The van der Waals surface area contributed by atoms with E-state index in [1.807, 2.05) is 11.8 Å². The molecule has 2 rings (SSSR count). The summed E-state index contributed by atoms with van der Waals surface area (Å²) >= 11 is 0. The molecule has 2 aliphatic heterocycles. The SMILES string of the molecule is CC1CCC(C(=O)N2CCC(C)(O)CC2)CN1. The molecule has 0 spiro atoms. The van der Waals surface area contributed by atoms with Gasteiger partial charge in [-0.1, -0.05) is 0 Å². The minimum absolute atomic E-state index is 0.147. The predicted molar refractivity (Wildman–Crippen MR) is 66.6 cm³/mol. The molecule has 0 aromatic carbocycles. The van der Waals surface area contributed by atoms with E-state index in [4.69, 9.17) is 0 Å². The van der Waals surface area contributed by atoms with E-state index in [0.717, 1.165) is 19.4 Å². The van der Waals surface area contributed by atoms with E-state index < -0.39 is 5.60 Å². The van der Waals surface area contributed by atoms with Crippen LogP contribution in [0.5, 0.6) is 0 Å². The monoisotopic (exact) mass is 240 g/mol. The van der Waals surface area contributed by atoms with Crippen molar-refractivity contribution in [3.8, 4) is 0 Å². The number of aliphatic hydroxyl groups is 1. The van der Waals surface area contributed by atoms with Gasteiger partial charge in [-0.15, -0.1) is 0 Å². The first-order valence-electron chi connectivity index (χ1n) is 6.72. The minimum atomic E-state index is -0.573. The Morgan fingerprint density at radius 2 is 2.00 bits per heavy atom. The molecule has 0 aromatic heterocycles. The van der Waals surface area contributed by atoms with Crippen LogP contribution in [0.4, 0.5) is 0 Å². The molecule has 4 heteroatoms. The molecule has 2 atom stereocenters. The normalized spacial score (nSPS) is 33.5. The second-order valence-electron chi connectivity index (χ2n) is 5.91. The van der Waals surface area contributed by atoms with Gasteiger partial charge in [0, 0.05) is 25.7 Å². The highest BCUT2D eigenvalue weighted by Crippen LogP contribution is 2.24. The summed E-state index contributed by atoms with van der Waals surface area (Å²) in [6.45, 7) is 6.25. The molecule has 0 aromatic rings. The molecule has 0 saturated carbocycles. The molecule has 17 heavy (non-hydrogen) atoms. The molecular formula is C13H24N2O2. The summed E-state index contributed by atoms with van der Waals surface area (Å²) in [5.74, 6) is 0.425. The first kappa shape index (κ1) is 12.8. The van der Waals surface area contributed by atoms with E-state index in [1.54, 1.807) is 0 Å². The Balaban J connectivity index is 1.84. The summed E-state index contributed by atoms with van der Waals surface area (Å²) in [5, 5.41) is 13.2. The fourth-order valence-electron chi connectivity index (χ4n) is 2.68. The van der Waals surface area contributed by atoms with Crippen LogP contribution in [0.1, 0.15) is 39.5 Å². The summed E-state index contributed by atoms with van der Waals surface area (Å²) in [4.78, 5) is 14.2. The number of hydrogen-bond acceptors (Lipinski definition) is 3. The van der Waals surface area contributed by atoms with Gasteiger partial charge < -0.3 is 15.3 Å². The van der Waals surface area contributed by atoms with Crippen LogP contribution in [-0.4, -0.2) is 47.2 Å². The lowest BCUT2D eigenvalue weighted by Crippen LogP contribution is -2.50. The molecule has 4 nitrogen and oxygen atoms in total. The number of carbonyl (C=O) groups excluding carboxylic acids is 1. The van der Waals surface area contributed by atoms with Crippen LogP contribution in [0.15, 0.2) is 0 Å². The van der Waals surface area contributed by atoms with Gasteiger partial charge in [0.25, 0.3) is 0 Å². The maximum absolute atomic E-state index is 12.3. The van der Waals surface area contributed by atoms with Gasteiger partial charge in [-0.05, 0) is 39.5 Å². The van der Waals surface area contributed by atoms with Crippen molar-refractivity contribution < 1.29 is 9.90 Å². The second-order valence-corrected chi connectivity index (χ2v) is 5.91. The number of carbonyl (C=O) groups is 1. The van der Waals surface area contributed by atoms with E-state index in [0.29, 0.717) is 32.0 Å². The molecule has 0 aliphatic carbocycles. The molecule has 2 N–H and O–H groups in total. The molecule has 1 amide bonds. The number of nitrogens with zero attached hydrogens (tertiary/aromatic N) is 1. The topological polar surface area (TPSA) is 52.6 Å². The number of hydrogen-bond donors (Lipinski definition) is 2. The standard InChI is InChI=1S/C13H24N2O2/c1-10-3-4-11(9-14-10)12(16)15-7-5-13(2,17)6-8-15/h10-11,14,17H,3-9H2,1-2H3. The van der Waals surface area contributed by atoms with Crippen molar-refractivity contribution in [2.75, 3.05) is 19.6 Å². The van der Waals surface area contributed by atoms with Gasteiger partial charge in [-0.25, -0.2) is 0 Å². The Hall–Kier alpha value is -0.610. The first-order valence-corrected chi connectivity index (χ1v) is 6.72. The molecule has 2 fully saturated rings. The second kappa shape index (κ2) is 4.94. The van der Waals surface area contributed by atoms with Gasteiger partial charge in [0.2, 0.25) is 5.91 Å². The molecule has 0 bridgehead atoms. The third-order valence-corrected chi connectivity index (χ3v) is 4.16. The quantitative estimate of drug-likeness (QED) is 0.711. The summed E-state index contributed by atoms with van der Waals surface area (Å²) in [5.41, 5.74) is -0.573. The Bertz CT molecular complexity index is 273. The van der Waals surface area contributed by atoms with Crippen molar-refractivity contribution in [2.45, 2.75) is 51.2 Å². The highest BCUT2D eigenvalue weighted by molar-refractivity contribution is 5.79. The van der Waals surface area contributed by atoms with Crippen LogP contribution >= 0.6 is 0 Å². The molecule has 2 heterocycles. The van der Waals surface area contributed by atoms with Crippen molar-refractivity contribution in [1.29, 1.82) is 0 Å². The van der Waals surface area contributed by atoms with E-state index >= 15 is 0 Å². The van der Waals surface area contributed by atoms with Crippen LogP contribution in [0.25, 0.3) is 0 Å². The van der Waals surface area contributed by atoms with Crippen LogP contribution in [0.3, 0.4) is 0 Å². The van der Waals surface area contributed by atoms with E-state index in [1.165, 1.54) is 0 Å². The highest BCUT2D eigenvalue weighted by Gasteiger charge is 2.33. The van der Waals surface area contributed by atoms with E-state index in [2.05, 4.69) is 12.2 Å². The van der Waals surface area contributed by atoms with Gasteiger partial charge >= 0.3 is 0 Å². The third-order valence-electron chi connectivity index (χ3n) is 4.16. The number of nitrogens with one attached hydrogen (secondary N) is 1. The van der Waals surface area contributed by atoms with Crippen molar-refractivity contribution in [3.63, 3.8) is 0 Å². The molecule has 98 valence electrons. The molecule has 2 unspecified atom stereocenters. The molecule has 2 saturated heterocycles. The Kier molecular flexibility index (Phi) is 3.73. The largest absolute Gasteiger partial charge is 0.390 e. The van der Waals surface area contributed by atoms with Gasteiger partial charge in [0.05, 0.1) is 11.5 Å². The lowest BCUT2D eigenvalue weighted by Gasteiger charge is -2.38. The minimum Gasteiger partial charge on any atom is -0.390 e. The number of amides is 1. The Morgan fingerprint density at radius 1 is 1.35 bits per heavy atom. The Labute approximate surface area is 103 Å². The highest BCUT2D eigenvalue weighted by atomic mass is 16.3. The molecule has 0 radical (unpaired) electrons. The fourth-order valence-corrected chi connectivity index (χ4v) is 2.68.